The molecule has 2 N–H and O–H groups in total. The van der Waals surface area contributed by atoms with E-state index in [1.807, 2.05) is 23.1 Å². The third kappa shape index (κ3) is 2.80. The number of nitrogens with two attached hydrogens (primary N) is 1. The zero-order valence-electron chi connectivity index (χ0n) is 11.9. The molecule has 2 fully saturated rings. The van der Waals surface area contributed by atoms with E-state index in [9.17, 15) is 4.79 Å². The Morgan fingerprint density at radius 2 is 2.00 bits per heavy atom. The predicted octanol–water partition coefficient (Wildman–Crippen LogP) is 1.97. The fraction of sp³-hybridized carbons (Fsp3) is 0.562. The average Bonchev–Trinajstić information content (AvgIpc) is 3.10. The molecule has 0 saturated carbocycles. The molecule has 1 unspecified atom stereocenters. The molecule has 2 aliphatic rings. The van der Waals surface area contributed by atoms with Crippen LogP contribution in [0.15, 0.2) is 24.3 Å². The minimum Gasteiger partial charge on any atom is -0.399 e. The van der Waals surface area contributed by atoms with Gasteiger partial charge in [0.15, 0.2) is 0 Å². The number of carbonyl (C=O) groups is 1. The number of likely N-dealkylation sites (tertiary alicyclic amines) is 2. The largest absolute Gasteiger partial charge is 0.399 e. The van der Waals surface area contributed by atoms with Gasteiger partial charge in [-0.05, 0) is 57.0 Å². The Balaban J connectivity index is 1.69. The predicted molar refractivity (Wildman–Crippen MR) is 80.6 cm³/mol. The lowest BCUT2D eigenvalue weighted by Gasteiger charge is -2.28. The van der Waals surface area contributed by atoms with Crippen molar-refractivity contribution in [3.8, 4) is 0 Å². The molecule has 0 spiro atoms. The molecule has 0 bridgehead atoms. The highest BCUT2D eigenvalue weighted by atomic mass is 16.2. The van der Waals surface area contributed by atoms with Crippen LogP contribution in [0.1, 0.15) is 36.0 Å². The Kier molecular flexibility index (Phi) is 3.92. The fourth-order valence-corrected chi connectivity index (χ4v) is 3.39. The molecule has 2 aliphatic heterocycles. The van der Waals surface area contributed by atoms with Gasteiger partial charge in [-0.15, -0.1) is 0 Å². The second-order valence-corrected chi connectivity index (χ2v) is 5.93. The van der Waals surface area contributed by atoms with Crippen LogP contribution in [0.25, 0.3) is 0 Å². The normalized spacial score (nSPS) is 23.4. The van der Waals surface area contributed by atoms with Crippen LogP contribution in [0.2, 0.25) is 0 Å². The van der Waals surface area contributed by atoms with Gasteiger partial charge in [-0.2, -0.15) is 0 Å². The molecule has 4 heteroatoms. The number of anilines is 1. The fourth-order valence-electron chi connectivity index (χ4n) is 3.39. The first-order valence-corrected chi connectivity index (χ1v) is 7.63. The Bertz CT molecular complexity index is 482. The average molecular weight is 273 g/mol. The van der Waals surface area contributed by atoms with Crippen molar-refractivity contribution in [1.29, 1.82) is 0 Å². The highest BCUT2D eigenvalue weighted by Crippen LogP contribution is 2.23. The van der Waals surface area contributed by atoms with Crippen LogP contribution in [-0.4, -0.2) is 47.9 Å². The van der Waals surface area contributed by atoms with Gasteiger partial charge in [0.1, 0.15) is 0 Å². The van der Waals surface area contributed by atoms with Gasteiger partial charge in [0.2, 0.25) is 0 Å². The van der Waals surface area contributed by atoms with Crippen molar-refractivity contribution in [2.45, 2.75) is 31.7 Å². The molecule has 0 aliphatic carbocycles. The number of nitrogens with zero attached hydrogens (tertiary/aromatic N) is 2. The summed E-state index contributed by atoms with van der Waals surface area (Å²) in [6.45, 7) is 4.30. The lowest BCUT2D eigenvalue weighted by Crippen LogP contribution is -2.42. The molecule has 3 rings (SSSR count). The van der Waals surface area contributed by atoms with E-state index in [1.165, 1.54) is 25.9 Å². The summed E-state index contributed by atoms with van der Waals surface area (Å²) >= 11 is 0. The zero-order valence-corrected chi connectivity index (χ0v) is 11.9. The number of amides is 1. The number of hydrogen-bond acceptors (Lipinski definition) is 3. The molecule has 20 heavy (non-hydrogen) atoms. The van der Waals surface area contributed by atoms with Gasteiger partial charge < -0.3 is 15.5 Å². The SMILES string of the molecule is Nc1cccc(C(=O)N2CCCC2CN2CCCC2)c1. The Morgan fingerprint density at radius 1 is 1.20 bits per heavy atom. The second kappa shape index (κ2) is 5.83. The van der Waals surface area contributed by atoms with E-state index >= 15 is 0 Å². The van der Waals surface area contributed by atoms with Crippen LogP contribution in [0, 0.1) is 0 Å². The lowest BCUT2D eigenvalue weighted by atomic mass is 10.1. The van der Waals surface area contributed by atoms with E-state index in [0.717, 1.165) is 31.5 Å². The van der Waals surface area contributed by atoms with Crippen molar-refractivity contribution in [2.75, 3.05) is 31.9 Å². The summed E-state index contributed by atoms with van der Waals surface area (Å²) in [5.41, 5.74) is 7.16. The molecule has 2 heterocycles. The molecule has 0 aromatic heterocycles. The topological polar surface area (TPSA) is 49.6 Å². The number of hydrogen-bond donors (Lipinski definition) is 1. The van der Waals surface area contributed by atoms with Gasteiger partial charge in [0.05, 0.1) is 0 Å². The first kappa shape index (κ1) is 13.4. The molecule has 4 nitrogen and oxygen atoms in total. The molecule has 1 aromatic rings. The number of nitrogen functional groups attached to an aromatic ring is 1. The summed E-state index contributed by atoms with van der Waals surface area (Å²) in [7, 11) is 0. The standard InChI is InChI=1S/C16H23N3O/c17-14-6-3-5-13(11-14)16(20)19-10-4-7-15(19)12-18-8-1-2-9-18/h3,5-6,11,15H,1-2,4,7-10,12,17H2. The summed E-state index contributed by atoms with van der Waals surface area (Å²) in [6, 6.07) is 7.70. The molecular formula is C16H23N3O. The van der Waals surface area contributed by atoms with E-state index in [2.05, 4.69) is 4.90 Å². The third-order valence-electron chi connectivity index (χ3n) is 4.44. The van der Waals surface area contributed by atoms with Crippen molar-refractivity contribution in [3.05, 3.63) is 29.8 Å². The molecular weight excluding hydrogens is 250 g/mol. The van der Waals surface area contributed by atoms with Gasteiger partial charge in [-0.1, -0.05) is 6.07 Å². The van der Waals surface area contributed by atoms with E-state index in [4.69, 9.17) is 5.73 Å². The molecule has 1 atom stereocenters. The van der Waals surface area contributed by atoms with Gasteiger partial charge in [-0.25, -0.2) is 0 Å². The van der Waals surface area contributed by atoms with Crippen LogP contribution in [0.3, 0.4) is 0 Å². The van der Waals surface area contributed by atoms with Crippen molar-refractivity contribution < 1.29 is 4.79 Å². The maximum Gasteiger partial charge on any atom is 0.254 e. The van der Waals surface area contributed by atoms with E-state index < -0.39 is 0 Å². The van der Waals surface area contributed by atoms with Crippen molar-refractivity contribution in [3.63, 3.8) is 0 Å². The molecule has 1 aromatic carbocycles. The third-order valence-corrected chi connectivity index (χ3v) is 4.44. The summed E-state index contributed by atoms with van der Waals surface area (Å²) in [5.74, 6) is 0.138. The van der Waals surface area contributed by atoms with Crippen LogP contribution >= 0.6 is 0 Å². The Morgan fingerprint density at radius 3 is 2.75 bits per heavy atom. The van der Waals surface area contributed by atoms with Crippen molar-refractivity contribution >= 4 is 11.6 Å². The second-order valence-electron chi connectivity index (χ2n) is 5.93. The molecule has 1 amide bonds. The highest BCUT2D eigenvalue weighted by molar-refractivity contribution is 5.95. The zero-order chi connectivity index (χ0) is 13.9. The van der Waals surface area contributed by atoms with Crippen LogP contribution in [0.4, 0.5) is 5.69 Å². The molecule has 0 radical (unpaired) electrons. The maximum atomic E-state index is 12.6. The van der Waals surface area contributed by atoms with E-state index in [-0.39, 0.29) is 5.91 Å². The maximum absolute atomic E-state index is 12.6. The first-order valence-electron chi connectivity index (χ1n) is 7.63. The Labute approximate surface area is 120 Å². The van der Waals surface area contributed by atoms with Crippen molar-refractivity contribution in [1.82, 2.24) is 9.80 Å². The minimum absolute atomic E-state index is 0.138. The first-order chi connectivity index (χ1) is 9.74. The van der Waals surface area contributed by atoms with Gasteiger partial charge >= 0.3 is 0 Å². The number of carbonyl (C=O) groups excluding carboxylic acids is 1. The van der Waals surface area contributed by atoms with Crippen LogP contribution in [-0.2, 0) is 0 Å². The molecule has 2 saturated heterocycles. The van der Waals surface area contributed by atoms with Crippen LogP contribution in [0.5, 0.6) is 0 Å². The van der Waals surface area contributed by atoms with E-state index in [0.29, 0.717) is 11.7 Å². The number of benzene rings is 1. The van der Waals surface area contributed by atoms with E-state index in [1.54, 1.807) is 6.07 Å². The minimum atomic E-state index is 0.138. The smallest absolute Gasteiger partial charge is 0.254 e. The summed E-state index contributed by atoms with van der Waals surface area (Å²) < 4.78 is 0. The summed E-state index contributed by atoms with van der Waals surface area (Å²) in [6.07, 6.45) is 4.85. The van der Waals surface area contributed by atoms with Gasteiger partial charge in [-0.3, -0.25) is 4.79 Å². The Hall–Kier alpha value is -1.55. The summed E-state index contributed by atoms with van der Waals surface area (Å²) in [4.78, 5) is 17.2. The van der Waals surface area contributed by atoms with Gasteiger partial charge in [0, 0.05) is 30.4 Å². The quantitative estimate of drug-likeness (QED) is 0.857. The lowest BCUT2D eigenvalue weighted by molar-refractivity contribution is 0.0709. The highest BCUT2D eigenvalue weighted by Gasteiger charge is 2.31. The molecule has 108 valence electrons. The summed E-state index contributed by atoms with van der Waals surface area (Å²) in [5, 5.41) is 0. The monoisotopic (exact) mass is 273 g/mol. The van der Waals surface area contributed by atoms with Crippen molar-refractivity contribution in [2.24, 2.45) is 0 Å². The van der Waals surface area contributed by atoms with Crippen LogP contribution < -0.4 is 5.73 Å². The van der Waals surface area contributed by atoms with Gasteiger partial charge in [0.25, 0.3) is 5.91 Å². The number of rotatable bonds is 3.